The number of unbranched alkanes of at least 4 members (excludes halogenated alkanes) is 1. The fraction of sp³-hybridized carbons (Fsp3) is 0.583. The second-order valence-electron chi connectivity index (χ2n) is 4.00. The first-order chi connectivity index (χ1) is 9.58. The molecule has 8 heteroatoms. The summed E-state index contributed by atoms with van der Waals surface area (Å²) in [6.45, 7) is 2.03. The SMILES string of the molecule is COCCOCCCCNS(=O)(=O)c1cccnc1Cl. The van der Waals surface area contributed by atoms with Crippen LogP contribution in [0.15, 0.2) is 23.2 Å². The number of rotatable bonds is 10. The molecule has 0 aromatic carbocycles. The molecule has 20 heavy (non-hydrogen) atoms. The lowest BCUT2D eigenvalue weighted by Gasteiger charge is -2.07. The van der Waals surface area contributed by atoms with Crippen LogP contribution in [0.4, 0.5) is 0 Å². The fourth-order valence-electron chi connectivity index (χ4n) is 1.43. The average molecular weight is 323 g/mol. The van der Waals surface area contributed by atoms with Crippen LogP contribution < -0.4 is 4.72 Å². The van der Waals surface area contributed by atoms with E-state index < -0.39 is 10.0 Å². The minimum atomic E-state index is -3.60. The van der Waals surface area contributed by atoms with Crippen molar-refractivity contribution < 1.29 is 17.9 Å². The zero-order valence-electron chi connectivity index (χ0n) is 11.3. The predicted octanol–water partition coefficient (Wildman–Crippen LogP) is 1.46. The summed E-state index contributed by atoms with van der Waals surface area (Å²) < 4.78 is 36.5. The Balaban J connectivity index is 2.26. The zero-order chi connectivity index (χ0) is 14.8. The van der Waals surface area contributed by atoms with Crippen LogP contribution in [0, 0.1) is 0 Å². The average Bonchev–Trinajstić information content (AvgIpc) is 2.42. The maximum absolute atomic E-state index is 11.9. The highest BCUT2D eigenvalue weighted by atomic mass is 35.5. The summed E-state index contributed by atoms with van der Waals surface area (Å²) in [6, 6.07) is 2.95. The van der Waals surface area contributed by atoms with Gasteiger partial charge in [0.15, 0.2) is 0 Å². The number of hydrogen-bond donors (Lipinski definition) is 1. The van der Waals surface area contributed by atoms with E-state index in [4.69, 9.17) is 21.1 Å². The lowest BCUT2D eigenvalue weighted by atomic mass is 10.3. The number of nitrogens with one attached hydrogen (secondary N) is 1. The lowest BCUT2D eigenvalue weighted by Crippen LogP contribution is -2.25. The van der Waals surface area contributed by atoms with E-state index >= 15 is 0 Å². The molecule has 0 spiro atoms. The molecule has 0 atom stereocenters. The lowest BCUT2D eigenvalue weighted by molar-refractivity contribution is 0.0689. The van der Waals surface area contributed by atoms with Crippen molar-refractivity contribution in [2.45, 2.75) is 17.7 Å². The van der Waals surface area contributed by atoms with Gasteiger partial charge in [-0.05, 0) is 25.0 Å². The predicted molar refractivity (Wildman–Crippen MR) is 76.4 cm³/mol. The van der Waals surface area contributed by atoms with Gasteiger partial charge in [0.2, 0.25) is 10.0 Å². The van der Waals surface area contributed by atoms with Gasteiger partial charge in [-0.25, -0.2) is 18.1 Å². The van der Waals surface area contributed by atoms with E-state index in [1.165, 1.54) is 18.3 Å². The van der Waals surface area contributed by atoms with Crippen molar-refractivity contribution in [1.29, 1.82) is 0 Å². The van der Waals surface area contributed by atoms with Gasteiger partial charge in [0.1, 0.15) is 10.0 Å². The molecule has 0 radical (unpaired) electrons. The summed E-state index contributed by atoms with van der Waals surface area (Å²) in [5.41, 5.74) is 0. The van der Waals surface area contributed by atoms with Crippen LogP contribution in [0.2, 0.25) is 5.15 Å². The molecule has 1 N–H and O–H groups in total. The number of aromatic nitrogens is 1. The molecule has 6 nitrogen and oxygen atoms in total. The summed E-state index contributed by atoms with van der Waals surface area (Å²) in [5.74, 6) is 0. The van der Waals surface area contributed by atoms with Gasteiger partial charge in [-0.15, -0.1) is 0 Å². The number of halogens is 1. The second kappa shape index (κ2) is 9.25. The van der Waals surface area contributed by atoms with Crippen LogP contribution >= 0.6 is 11.6 Å². The normalized spacial score (nSPS) is 11.7. The molecule has 1 aromatic rings. The molecular formula is C12H19ClN2O4S. The Labute approximate surface area is 124 Å². The monoisotopic (exact) mass is 322 g/mol. The molecule has 0 aliphatic heterocycles. The number of pyridine rings is 1. The van der Waals surface area contributed by atoms with Gasteiger partial charge in [-0.1, -0.05) is 11.6 Å². The van der Waals surface area contributed by atoms with Crippen LogP contribution in [0.5, 0.6) is 0 Å². The van der Waals surface area contributed by atoms with Crippen molar-refractivity contribution in [3.63, 3.8) is 0 Å². The van der Waals surface area contributed by atoms with Crippen molar-refractivity contribution in [2.24, 2.45) is 0 Å². The topological polar surface area (TPSA) is 77.5 Å². The molecule has 0 aliphatic rings. The van der Waals surface area contributed by atoms with Crippen molar-refractivity contribution in [2.75, 3.05) is 33.5 Å². The van der Waals surface area contributed by atoms with Gasteiger partial charge in [-0.2, -0.15) is 0 Å². The van der Waals surface area contributed by atoms with Crippen molar-refractivity contribution in [1.82, 2.24) is 9.71 Å². The van der Waals surface area contributed by atoms with Crippen LogP contribution in [0.1, 0.15) is 12.8 Å². The van der Waals surface area contributed by atoms with Gasteiger partial charge in [0.25, 0.3) is 0 Å². The highest BCUT2D eigenvalue weighted by molar-refractivity contribution is 7.89. The van der Waals surface area contributed by atoms with E-state index in [0.29, 0.717) is 32.8 Å². The van der Waals surface area contributed by atoms with Gasteiger partial charge in [-0.3, -0.25) is 0 Å². The Bertz CT molecular complexity index is 496. The van der Waals surface area contributed by atoms with E-state index in [1.807, 2.05) is 0 Å². The Morgan fingerprint density at radius 2 is 2.10 bits per heavy atom. The zero-order valence-corrected chi connectivity index (χ0v) is 12.9. The van der Waals surface area contributed by atoms with Gasteiger partial charge in [0.05, 0.1) is 13.2 Å². The van der Waals surface area contributed by atoms with Gasteiger partial charge < -0.3 is 9.47 Å². The number of methoxy groups -OCH3 is 1. The Kier molecular flexibility index (Phi) is 8.01. The van der Waals surface area contributed by atoms with Crippen LogP contribution in [0.25, 0.3) is 0 Å². The molecular weight excluding hydrogens is 304 g/mol. The first-order valence-corrected chi connectivity index (χ1v) is 8.11. The Morgan fingerprint density at radius 3 is 2.80 bits per heavy atom. The number of ether oxygens (including phenoxy) is 2. The third-order valence-electron chi connectivity index (χ3n) is 2.45. The van der Waals surface area contributed by atoms with Gasteiger partial charge in [0, 0.05) is 26.5 Å². The van der Waals surface area contributed by atoms with Crippen LogP contribution in [-0.2, 0) is 19.5 Å². The van der Waals surface area contributed by atoms with Crippen LogP contribution in [-0.4, -0.2) is 46.9 Å². The molecule has 0 saturated heterocycles. The molecule has 1 heterocycles. The number of nitrogens with zero attached hydrogens (tertiary/aromatic N) is 1. The largest absolute Gasteiger partial charge is 0.382 e. The maximum Gasteiger partial charge on any atom is 0.243 e. The maximum atomic E-state index is 11.9. The third-order valence-corrected chi connectivity index (χ3v) is 4.36. The fourth-order valence-corrected chi connectivity index (χ4v) is 2.95. The molecule has 0 unspecified atom stereocenters. The first kappa shape index (κ1) is 17.3. The molecule has 1 aromatic heterocycles. The third kappa shape index (κ3) is 6.15. The summed E-state index contributed by atoms with van der Waals surface area (Å²) in [4.78, 5) is 3.74. The molecule has 1 rings (SSSR count). The standard InChI is InChI=1S/C12H19ClN2O4S/c1-18-9-10-19-8-3-2-7-15-20(16,17)11-5-4-6-14-12(11)13/h4-6,15H,2-3,7-10H2,1H3. The molecule has 0 saturated carbocycles. The molecule has 0 aliphatic carbocycles. The Hall–Kier alpha value is -0.730. The second-order valence-corrected chi connectivity index (χ2v) is 6.10. The summed E-state index contributed by atoms with van der Waals surface area (Å²) in [6.07, 6.45) is 2.90. The van der Waals surface area contributed by atoms with Crippen molar-refractivity contribution >= 4 is 21.6 Å². The van der Waals surface area contributed by atoms with Crippen LogP contribution in [0.3, 0.4) is 0 Å². The highest BCUT2D eigenvalue weighted by Gasteiger charge is 2.17. The number of sulfonamides is 1. The van der Waals surface area contributed by atoms with Gasteiger partial charge >= 0.3 is 0 Å². The summed E-state index contributed by atoms with van der Waals surface area (Å²) >= 11 is 5.76. The molecule has 114 valence electrons. The minimum absolute atomic E-state index is 0.00184. The van der Waals surface area contributed by atoms with E-state index in [9.17, 15) is 8.42 Å². The molecule has 0 amide bonds. The summed E-state index contributed by atoms with van der Waals surface area (Å²) in [5, 5.41) is -0.0251. The number of hydrogen-bond acceptors (Lipinski definition) is 5. The minimum Gasteiger partial charge on any atom is -0.382 e. The van der Waals surface area contributed by atoms with E-state index in [-0.39, 0.29) is 10.0 Å². The highest BCUT2D eigenvalue weighted by Crippen LogP contribution is 2.17. The van der Waals surface area contributed by atoms with Crippen molar-refractivity contribution in [3.05, 3.63) is 23.5 Å². The molecule has 0 fully saturated rings. The van der Waals surface area contributed by atoms with E-state index in [0.717, 1.165) is 6.42 Å². The first-order valence-electron chi connectivity index (χ1n) is 6.25. The van der Waals surface area contributed by atoms with E-state index in [1.54, 1.807) is 7.11 Å². The summed E-state index contributed by atoms with van der Waals surface area (Å²) in [7, 11) is -1.98. The quantitative estimate of drug-likeness (QED) is 0.521. The Morgan fingerprint density at radius 1 is 1.30 bits per heavy atom. The van der Waals surface area contributed by atoms with E-state index in [2.05, 4.69) is 9.71 Å². The smallest absolute Gasteiger partial charge is 0.243 e. The van der Waals surface area contributed by atoms with Crippen molar-refractivity contribution in [3.8, 4) is 0 Å². The molecule has 0 bridgehead atoms.